The van der Waals surface area contributed by atoms with Crippen LogP contribution in [0.25, 0.3) is 0 Å². The van der Waals surface area contributed by atoms with Gasteiger partial charge in [-0.05, 0) is 12.1 Å². The van der Waals surface area contributed by atoms with Crippen molar-refractivity contribution in [2.24, 2.45) is 0 Å². The van der Waals surface area contributed by atoms with Crippen LogP contribution in [0.4, 0.5) is 8.78 Å². The first kappa shape index (κ1) is 9.39. The molecule has 6 heteroatoms. The van der Waals surface area contributed by atoms with E-state index in [4.69, 9.17) is 4.74 Å². The minimum absolute atomic E-state index is 0.00140. The molecule has 0 bridgehead atoms. The monoisotopic (exact) mass is 220 g/mol. The summed E-state index contributed by atoms with van der Waals surface area (Å²) in [5.41, 5.74) is 0. The van der Waals surface area contributed by atoms with Crippen molar-refractivity contribution in [1.82, 2.24) is 0 Å². The van der Waals surface area contributed by atoms with Crippen LogP contribution in [0.1, 0.15) is 0 Å². The van der Waals surface area contributed by atoms with E-state index in [2.05, 4.69) is 22.1 Å². The average Bonchev–Trinajstić information content (AvgIpc) is 2.38. The second-order valence-electron chi connectivity index (χ2n) is 2.55. The number of benzene rings is 1. The van der Waals surface area contributed by atoms with Gasteiger partial charge in [-0.25, -0.2) is 0 Å². The lowest BCUT2D eigenvalue weighted by Crippen LogP contribution is -2.25. The third-order valence-electron chi connectivity index (χ3n) is 1.60. The van der Waals surface area contributed by atoms with Crippen LogP contribution in [-0.4, -0.2) is 12.2 Å². The second kappa shape index (κ2) is 3.20. The lowest BCUT2D eigenvalue weighted by Gasteiger charge is -2.04. The highest BCUT2D eigenvalue weighted by atomic mass is 32.1. The van der Waals surface area contributed by atoms with Crippen molar-refractivity contribution in [3.63, 3.8) is 0 Å². The van der Waals surface area contributed by atoms with Crippen molar-refractivity contribution in [3.8, 4) is 17.2 Å². The molecule has 1 aromatic carbocycles. The molecule has 0 radical (unpaired) electrons. The second-order valence-corrected chi connectivity index (χ2v) is 2.81. The van der Waals surface area contributed by atoms with Gasteiger partial charge >= 0.3 is 6.29 Å². The fourth-order valence-electron chi connectivity index (χ4n) is 1.09. The van der Waals surface area contributed by atoms with E-state index in [1.165, 1.54) is 18.2 Å². The molecule has 76 valence electrons. The minimum Gasteiger partial charge on any atom is -0.483 e. The summed E-state index contributed by atoms with van der Waals surface area (Å²) in [6.45, 7) is 0. The molecule has 3 nitrogen and oxygen atoms in total. The molecule has 0 saturated heterocycles. The number of halogens is 2. The molecule has 0 aromatic heterocycles. The molecule has 0 spiro atoms. The summed E-state index contributed by atoms with van der Waals surface area (Å²) in [6, 6.07) is 4.18. The fourth-order valence-corrected chi connectivity index (χ4v) is 1.24. The summed E-state index contributed by atoms with van der Waals surface area (Å²) in [4.78, 5) is 0. The van der Waals surface area contributed by atoms with Crippen molar-refractivity contribution < 1.29 is 23.0 Å². The zero-order valence-corrected chi connectivity index (χ0v) is 7.76. The first-order valence-electron chi connectivity index (χ1n) is 3.74. The van der Waals surface area contributed by atoms with Gasteiger partial charge in [-0.1, -0.05) is 0 Å². The Labute approximate surface area is 84.0 Å². The molecule has 2 rings (SSSR count). The van der Waals surface area contributed by atoms with Crippen LogP contribution in [-0.2, 0) is 0 Å². The number of ether oxygens (including phenoxy) is 3. The van der Waals surface area contributed by atoms with Gasteiger partial charge in [-0.3, -0.25) is 0 Å². The summed E-state index contributed by atoms with van der Waals surface area (Å²) < 4.78 is 38.5. The first-order chi connectivity index (χ1) is 6.61. The normalized spacial score (nSPS) is 16.8. The number of fused-ring (bicyclic) bond motifs is 1. The van der Waals surface area contributed by atoms with E-state index in [-0.39, 0.29) is 17.4 Å². The molecule has 0 atom stereocenters. The van der Waals surface area contributed by atoms with E-state index >= 15 is 0 Å². The summed E-state index contributed by atoms with van der Waals surface area (Å²) in [5.74, 6) is 0.534. The molecule has 14 heavy (non-hydrogen) atoms. The number of hydrogen-bond acceptors (Lipinski definition) is 4. The molecule has 1 aromatic rings. The van der Waals surface area contributed by atoms with Crippen molar-refractivity contribution in [2.75, 3.05) is 5.94 Å². The summed E-state index contributed by atoms with van der Waals surface area (Å²) in [7, 11) is 0. The van der Waals surface area contributed by atoms with Gasteiger partial charge in [0.15, 0.2) is 11.5 Å². The number of rotatable bonds is 2. The SMILES string of the molecule is FC1(F)Oc2ccc(OCS)cc2O1. The molecule has 1 aliphatic rings. The highest BCUT2D eigenvalue weighted by molar-refractivity contribution is 7.80. The van der Waals surface area contributed by atoms with Crippen LogP contribution in [0.15, 0.2) is 18.2 Å². The average molecular weight is 220 g/mol. The van der Waals surface area contributed by atoms with Gasteiger partial charge in [0.25, 0.3) is 0 Å². The Bertz CT molecular complexity index is 356. The predicted octanol–water partition coefficient (Wildman–Crippen LogP) is 2.27. The van der Waals surface area contributed by atoms with Crippen molar-refractivity contribution in [3.05, 3.63) is 18.2 Å². The molecule has 1 heterocycles. The van der Waals surface area contributed by atoms with Gasteiger partial charge in [-0.2, -0.15) is 0 Å². The molecule has 0 saturated carbocycles. The Kier molecular flexibility index (Phi) is 2.14. The highest BCUT2D eigenvalue weighted by Gasteiger charge is 2.43. The lowest BCUT2D eigenvalue weighted by atomic mass is 10.3. The van der Waals surface area contributed by atoms with Crippen molar-refractivity contribution in [1.29, 1.82) is 0 Å². The standard InChI is InChI=1S/C8H6F2O3S/c9-8(10)12-6-2-1-5(11-4-14)3-7(6)13-8/h1-3,14H,4H2. The van der Waals surface area contributed by atoms with Gasteiger partial charge < -0.3 is 14.2 Å². The van der Waals surface area contributed by atoms with Crippen molar-refractivity contribution in [2.45, 2.75) is 6.29 Å². The van der Waals surface area contributed by atoms with E-state index in [1.807, 2.05) is 0 Å². The summed E-state index contributed by atoms with van der Waals surface area (Å²) in [6.07, 6.45) is -3.58. The maximum atomic E-state index is 12.6. The quantitative estimate of drug-likeness (QED) is 0.612. The molecule has 0 unspecified atom stereocenters. The molecular formula is C8H6F2O3S. The lowest BCUT2D eigenvalue weighted by molar-refractivity contribution is -0.286. The van der Waals surface area contributed by atoms with E-state index in [9.17, 15) is 8.78 Å². The number of thiol groups is 1. The number of alkyl halides is 2. The van der Waals surface area contributed by atoms with Gasteiger partial charge in [0.1, 0.15) is 11.7 Å². The zero-order chi connectivity index (χ0) is 10.2. The van der Waals surface area contributed by atoms with E-state index in [0.717, 1.165) is 0 Å². The highest BCUT2D eigenvalue weighted by Crippen LogP contribution is 2.42. The summed E-state index contributed by atoms with van der Waals surface area (Å²) >= 11 is 3.83. The van der Waals surface area contributed by atoms with E-state index < -0.39 is 6.29 Å². The molecule has 0 N–H and O–H groups in total. The van der Waals surface area contributed by atoms with Crippen LogP contribution in [0, 0.1) is 0 Å². The maximum Gasteiger partial charge on any atom is 0.586 e. The topological polar surface area (TPSA) is 27.7 Å². The smallest absolute Gasteiger partial charge is 0.483 e. The zero-order valence-electron chi connectivity index (χ0n) is 6.87. The van der Waals surface area contributed by atoms with Crippen LogP contribution in [0.2, 0.25) is 0 Å². The Hall–Kier alpha value is -1.17. The third-order valence-corrected chi connectivity index (χ3v) is 1.73. The first-order valence-corrected chi connectivity index (χ1v) is 4.37. The van der Waals surface area contributed by atoms with E-state index in [1.54, 1.807) is 0 Å². The van der Waals surface area contributed by atoms with Gasteiger partial charge in [0, 0.05) is 6.07 Å². The molecule has 0 amide bonds. The molecule has 1 aliphatic heterocycles. The molecule has 0 fully saturated rings. The van der Waals surface area contributed by atoms with Gasteiger partial charge in [0.05, 0.1) is 0 Å². The Morgan fingerprint density at radius 1 is 1.29 bits per heavy atom. The van der Waals surface area contributed by atoms with Crippen LogP contribution < -0.4 is 14.2 Å². The number of hydrogen-bond donors (Lipinski definition) is 1. The van der Waals surface area contributed by atoms with Crippen LogP contribution in [0.5, 0.6) is 17.2 Å². The molecule has 0 aliphatic carbocycles. The Balaban J connectivity index is 2.26. The van der Waals surface area contributed by atoms with Gasteiger partial charge in [0.2, 0.25) is 0 Å². The minimum atomic E-state index is -3.58. The van der Waals surface area contributed by atoms with Crippen molar-refractivity contribution >= 4 is 12.6 Å². The third kappa shape index (κ3) is 1.70. The fraction of sp³-hybridized carbons (Fsp3) is 0.250. The summed E-state index contributed by atoms with van der Waals surface area (Å²) in [5, 5.41) is 0. The maximum absolute atomic E-state index is 12.6. The van der Waals surface area contributed by atoms with Crippen LogP contribution >= 0.6 is 12.6 Å². The van der Waals surface area contributed by atoms with Crippen LogP contribution in [0.3, 0.4) is 0 Å². The largest absolute Gasteiger partial charge is 0.586 e. The Morgan fingerprint density at radius 2 is 2.00 bits per heavy atom. The van der Waals surface area contributed by atoms with E-state index in [0.29, 0.717) is 5.75 Å². The molecular weight excluding hydrogens is 214 g/mol. The Morgan fingerprint density at radius 3 is 2.71 bits per heavy atom. The van der Waals surface area contributed by atoms with Gasteiger partial charge in [-0.15, -0.1) is 21.4 Å². The predicted molar refractivity (Wildman–Crippen MR) is 47.1 cm³/mol.